The fourth-order valence-corrected chi connectivity index (χ4v) is 8.99. The second-order valence-corrected chi connectivity index (χ2v) is 21.3. The molecule has 0 radical (unpaired) electrons. The Morgan fingerprint density at radius 1 is 0.276 bits per heavy atom. The molecule has 436 valence electrons. The van der Waals surface area contributed by atoms with E-state index in [-0.39, 0.29) is 37.5 Å². The molecule has 0 aliphatic carbocycles. The first kappa shape index (κ1) is 72.3. The third-order valence-corrected chi connectivity index (χ3v) is 13.8. The maximum absolute atomic E-state index is 12.9. The topological polar surface area (TPSA) is 78.9 Å². The highest BCUT2D eigenvalue weighted by Crippen LogP contribution is 2.17. The Balaban J connectivity index is 4.40. The summed E-state index contributed by atoms with van der Waals surface area (Å²) in [6, 6.07) is 0. The molecule has 0 spiro atoms. The van der Waals surface area contributed by atoms with Gasteiger partial charge in [0.15, 0.2) is 6.10 Å². The van der Waals surface area contributed by atoms with Gasteiger partial charge in [-0.05, 0) is 96.3 Å². The van der Waals surface area contributed by atoms with E-state index in [1.807, 2.05) is 0 Å². The molecule has 0 bridgehead atoms. The lowest BCUT2D eigenvalue weighted by molar-refractivity contribution is -0.167. The van der Waals surface area contributed by atoms with E-state index in [2.05, 4.69) is 118 Å². The van der Waals surface area contributed by atoms with Crippen molar-refractivity contribution in [2.75, 3.05) is 13.2 Å². The molecule has 0 fully saturated rings. The third-order valence-electron chi connectivity index (χ3n) is 13.8. The number of hydrogen-bond donors (Lipinski definition) is 0. The van der Waals surface area contributed by atoms with E-state index < -0.39 is 6.10 Å². The normalized spacial score (nSPS) is 12.7. The van der Waals surface area contributed by atoms with Crippen LogP contribution >= 0.6 is 0 Å². The number of ether oxygens (including phenoxy) is 3. The first-order valence-electron chi connectivity index (χ1n) is 32.2. The zero-order valence-corrected chi connectivity index (χ0v) is 50.0. The van der Waals surface area contributed by atoms with Crippen molar-refractivity contribution in [2.24, 2.45) is 0 Å². The van der Waals surface area contributed by atoms with Crippen molar-refractivity contribution in [2.45, 2.75) is 316 Å². The van der Waals surface area contributed by atoms with Gasteiger partial charge in [0.25, 0.3) is 0 Å². The standard InChI is InChI=1S/C70H120O6/c1-4-7-10-13-16-19-22-25-28-30-32-34-35-37-38-40-42-45-48-51-54-57-60-63-69(72)75-66-67(65-74-68(71)62-59-56-53-50-47-44-27-24-21-18-15-12-9-6-3)76-70(73)64-61-58-55-52-49-46-43-41-39-36-33-31-29-26-23-20-17-14-11-8-5-2/h8,11,15,17-18,20,24,26-27,29,33,36,41,43,49,52,67H,4-7,9-10,12-14,16,19,21-23,25,28,30-32,34-35,37-40,42,44-48,50-51,53-66H2,1-3H3/b11-8-,18-15-,20-17-,27-24-,29-26-,36-33-,43-41-,52-49-. The smallest absolute Gasteiger partial charge is 0.306 e. The molecule has 0 aromatic carbocycles. The summed E-state index contributed by atoms with van der Waals surface area (Å²) in [5.74, 6) is -0.946. The summed E-state index contributed by atoms with van der Waals surface area (Å²) in [6.07, 6.45) is 85.6. The molecule has 0 aromatic heterocycles. The Kier molecular flexibility index (Phi) is 60.8. The van der Waals surface area contributed by atoms with Crippen molar-refractivity contribution in [1.82, 2.24) is 0 Å². The Morgan fingerprint density at radius 3 is 0.868 bits per heavy atom. The molecular formula is C70H120O6. The lowest BCUT2D eigenvalue weighted by Crippen LogP contribution is -2.30. The van der Waals surface area contributed by atoms with E-state index in [0.29, 0.717) is 19.3 Å². The quantitative estimate of drug-likeness (QED) is 0.0261. The molecule has 76 heavy (non-hydrogen) atoms. The minimum absolute atomic E-state index is 0.0979. The van der Waals surface area contributed by atoms with Crippen LogP contribution in [-0.4, -0.2) is 37.2 Å². The molecular weight excluding hydrogens is 937 g/mol. The molecule has 1 unspecified atom stereocenters. The van der Waals surface area contributed by atoms with Crippen LogP contribution in [0, 0.1) is 0 Å². The van der Waals surface area contributed by atoms with Gasteiger partial charge in [-0.25, -0.2) is 0 Å². The predicted molar refractivity (Wildman–Crippen MR) is 330 cm³/mol. The highest BCUT2D eigenvalue weighted by atomic mass is 16.6. The Bertz CT molecular complexity index is 1490. The molecule has 0 amide bonds. The van der Waals surface area contributed by atoms with Gasteiger partial charge in [-0.3, -0.25) is 14.4 Å². The lowest BCUT2D eigenvalue weighted by Gasteiger charge is -2.18. The molecule has 0 aliphatic heterocycles. The third kappa shape index (κ3) is 61.2. The highest BCUT2D eigenvalue weighted by molar-refractivity contribution is 5.71. The van der Waals surface area contributed by atoms with Crippen molar-refractivity contribution in [3.05, 3.63) is 97.2 Å². The van der Waals surface area contributed by atoms with Gasteiger partial charge in [0.2, 0.25) is 0 Å². The van der Waals surface area contributed by atoms with E-state index in [1.54, 1.807) is 0 Å². The molecule has 0 rings (SSSR count). The molecule has 0 N–H and O–H groups in total. The predicted octanol–water partition coefficient (Wildman–Crippen LogP) is 22.0. The highest BCUT2D eigenvalue weighted by Gasteiger charge is 2.19. The number of esters is 3. The van der Waals surface area contributed by atoms with Crippen LogP contribution in [-0.2, 0) is 28.6 Å². The average molecular weight is 1060 g/mol. The lowest BCUT2D eigenvalue weighted by atomic mass is 10.0. The van der Waals surface area contributed by atoms with Crippen LogP contribution in [0.25, 0.3) is 0 Å². The van der Waals surface area contributed by atoms with Crippen LogP contribution < -0.4 is 0 Å². The van der Waals surface area contributed by atoms with E-state index in [0.717, 1.165) is 116 Å². The number of carbonyl (C=O) groups is 3. The van der Waals surface area contributed by atoms with Gasteiger partial charge in [0.1, 0.15) is 13.2 Å². The number of carbonyl (C=O) groups excluding carboxylic acids is 3. The van der Waals surface area contributed by atoms with E-state index in [4.69, 9.17) is 14.2 Å². The second-order valence-electron chi connectivity index (χ2n) is 21.3. The molecule has 0 saturated heterocycles. The van der Waals surface area contributed by atoms with Crippen molar-refractivity contribution in [3.63, 3.8) is 0 Å². The van der Waals surface area contributed by atoms with Gasteiger partial charge in [-0.15, -0.1) is 0 Å². The molecule has 0 saturated carbocycles. The van der Waals surface area contributed by atoms with Gasteiger partial charge in [-0.1, -0.05) is 291 Å². The summed E-state index contributed by atoms with van der Waals surface area (Å²) >= 11 is 0. The summed E-state index contributed by atoms with van der Waals surface area (Å²) in [7, 11) is 0. The fraction of sp³-hybridized carbons (Fsp3) is 0.729. The first-order chi connectivity index (χ1) is 37.5. The van der Waals surface area contributed by atoms with Gasteiger partial charge < -0.3 is 14.2 Å². The minimum Gasteiger partial charge on any atom is -0.462 e. The Labute approximate surface area is 470 Å². The maximum Gasteiger partial charge on any atom is 0.306 e. The summed E-state index contributed by atoms with van der Waals surface area (Å²) in [5, 5.41) is 0. The second kappa shape index (κ2) is 63.9. The van der Waals surface area contributed by atoms with Crippen molar-refractivity contribution >= 4 is 17.9 Å². The van der Waals surface area contributed by atoms with Gasteiger partial charge >= 0.3 is 17.9 Å². The maximum atomic E-state index is 12.9. The summed E-state index contributed by atoms with van der Waals surface area (Å²) in [6.45, 7) is 6.47. The SMILES string of the molecule is CC/C=C\C/C=C\C/C=C\C/C=C\C/C=C\C/C=C\CCCCC(=O)OC(COC(=O)CCCCCCC/C=C\C/C=C\CCCC)COC(=O)CCCCCCCCCCCCCCCCCCCCCCCCC. The number of hydrogen-bond acceptors (Lipinski definition) is 6. The molecule has 6 heteroatoms. The largest absolute Gasteiger partial charge is 0.462 e. The average Bonchev–Trinajstić information content (AvgIpc) is 3.42. The van der Waals surface area contributed by atoms with Crippen LogP contribution in [0.15, 0.2) is 97.2 Å². The minimum atomic E-state index is -0.807. The zero-order valence-electron chi connectivity index (χ0n) is 50.0. The van der Waals surface area contributed by atoms with Gasteiger partial charge in [-0.2, -0.15) is 0 Å². The van der Waals surface area contributed by atoms with Crippen LogP contribution in [0.4, 0.5) is 0 Å². The molecule has 0 aromatic rings. The van der Waals surface area contributed by atoms with Gasteiger partial charge in [0.05, 0.1) is 0 Å². The Hall–Kier alpha value is -3.67. The number of allylic oxidation sites excluding steroid dienone is 16. The van der Waals surface area contributed by atoms with Gasteiger partial charge in [0, 0.05) is 19.3 Å². The van der Waals surface area contributed by atoms with Crippen molar-refractivity contribution < 1.29 is 28.6 Å². The van der Waals surface area contributed by atoms with Crippen LogP contribution in [0.1, 0.15) is 310 Å². The van der Waals surface area contributed by atoms with Crippen LogP contribution in [0.5, 0.6) is 0 Å². The van der Waals surface area contributed by atoms with E-state index >= 15 is 0 Å². The van der Waals surface area contributed by atoms with Crippen LogP contribution in [0.2, 0.25) is 0 Å². The fourth-order valence-electron chi connectivity index (χ4n) is 8.99. The number of rotatable bonds is 58. The Morgan fingerprint density at radius 2 is 0.526 bits per heavy atom. The molecule has 1 atom stereocenters. The van der Waals surface area contributed by atoms with E-state index in [9.17, 15) is 14.4 Å². The van der Waals surface area contributed by atoms with Crippen LogP contribution in [0.3, 0.4) is 0 Å². The van der Waals surface area contributed by atoms with E-state index in [1.165, 1.54) is 148 Å². The summed E-state index contributed by atoms with van der Waals surface area (Å²) in [4.78, 5) is 38.3. The molecule has 6 nitrogen and oxygen atoms in total. The van der Waals surface area contributed by atoms with Crippen molar-refractivity contribution in [1.29, 1.82) is 0 Å². The number of unbranched alkanes of at least 4 members (excludes halogenated alkanes) is 31. The summed E-state index contributed by atoms with van der Waals surface area (Å²) < 4.78 is 16.9. The first-order valence-corrected chi connectivity index (χ1v) is 32.2. The molecule has 0 aliphatic rings. The summed E-state index contributed by atoms with van der Waals surface area (Å²) in [5.41, 5.74) is 0. The monoisotopic (exact) mass is 1060 g/mol. The van der Waals surface area contributed by atoms with Crippen molar-refractivity contribution in [3.8, 4) is 0 Å². The molecule has 0 heterocycles. The zero-order chi connectivity index (χ0) is 55.0.